The van der Waals surface area contributed by atoms with E-state index in [-0.39, 0.29) is 0 Å². The van der Waals surface area contributed by atoms with Gasteiger partial charge in [-0.05, 0) is 95.1 Å². The van der Waals surface area contributed by atoms with Gasteiger partial charge in [0.25, 0.3) is 0 Å². The van der Waals surface area contributed by atoms with Crippen molar-refractivity contribution in [1.82, 2.24) is 9.25 Å². The summed E-state index contributed by atoms with van der Waals surface area (Å²) in [5.74, 6) is 0. The molecule has 0 amide bonds. The van der Waals surface area contributed by atoms with E-state index in [9.17, 15) is 0 Å². The van der Waals surface area contributed by atoms with E-state index in [0.29, 0.717) is 0 Å². The summed E-state index contributed by atoms with van der Waals surface area (Å²) in [5.41, 5.74) is 13.1. The zero-order valence-corrected chi connectivity index (χ0v) is 28.7. The molecule has 0 atom stereocenters. The van der Waals surface area contributed by atoms with Crippen LogP contribution in [0.2, 0.25) is 0 Å². The van der Waals surface area contributed by atoms with Crippen molar-refractivity contribution in [1.29, 1.82) is 0 Å². The van der Waals surface area contributed by atoms with Crippen LogP contribution < -0.4 is 4.68 Å². The molecule has 0 N–H and O–H groups in total. The predicted octanol–water partition coefficient (Wildman–Crippen LogP) is 12.2. The summed E-state index contributed by atoms with van der Waals surface area (Å²) in [7, 11) is 0. The maximum absolute atomic E-state index is 6.61. The molecule has 248 valence electrons. The average Bonchev–Trinajstić information content (AvgIpc) is 3.91. The SMILES string of the molecule is c1ccc(-n2c3ccccc3c3cc(-c4cc(-c5cccc(-[n+]6cc7ccccc7n6-c6ccccc6)c5)cc5oc6ccccc6c45)ccc32)cc1. The van der Waals surface area contributed by atoms with Gasteiger partial charge >= 0.3 is 0 Å². The molecule has 0 aliphatic rings. The lowest BCUT2D eigenvalue weighted by Gasteiger charge is -2.11. The third-order valence-electron chi connectivity index (χ3n) is 10.6. The molecule has 0 aliphatic heterocycles. The molecule has 0 fully saturated rings. The normalized spacial score (nSPS) is 11.8. The molecule has 4 nitrogen and oxygen atoms in total. The summed E-state index contributed by atoms with van der Waals surface area (Å²) in [4.78, 5) is 0. The summed E-state index contributed by atoms with van der Waals surface area (Å²) in [6.07, 6.45) is 2.22. The fourth-order valence-electron chi connectivity index (χ4n) is 8.19. The molecule has 0 aliphatic carbocycles. The highest BCUT2D eigenvalue weighted by molar-refractivity contribution is 6.16. The number of rotatable bonds is 5. The fraction of sp³-hybridized carbons (Fsp3) is 0. The van der Waals surface area contributed by atoms with Crippen LogP contribution in [0, 0.1) is 0 Å². The third-order valence-corrected chi connectivity index (χ3v) is 10.6. The Morgan fingerprint density at radius 1 is 0.415 bits per heavy atom. The van der Waals surface area contributed by atoms with E-state index >= 15 is 0 Å². The van der Waals surface area contributed by atoms with Gasteiger partial charge in [0.1, 0.15) is 22.4 Å². The van der Waals surface area contributed by atoms with Gasteiger partial charge in [0.2, 0.25) is 11.9 Å². The maximum Gasteiger partial charge on any atom is 0.236 e. The molecular formula is C49H32N3O+. The highest BCUT2D eigenvalue weighted by Gasteiger charge is 2.22. The van der Waals surface area contributed by atoms with Gasteiger partial charge < -0.3 is 8.98 Å². The molecule has 0 unspecified atom stereocenters. The first-order chi connectivity index (χ1) is 26.3. The van der Waals surface area contributed by atoms with Crippen LogP contribution in [0.15, 0.2) is 199 Å². The molecule has 0 saturated heterocycles. The van der Waals surface area contributed by atoms with E-state index in [2.05, 4.69) is 202 Å². The van der Waals surface area contributed by atoms with Crippen LogP contribution in [0.1, 0.15) is 0 Å². The van der Waals surface area contributed by atoms with E-state index in [0.717, 1.165) is 66.8 Å². The second-order valence-electron chi connectivity index (χ2n) is 13.6. The highest BCUT2D eigenvalue weighted by atomic mass is 16.3. The minimum atomic E-state index is 0.877. The molecule has 3 aromatic heterocycles. The van der Waals surface area contributed by atoms with Crippen LogP contribution in [0.4, 0.5) is 0 Å². The van der Waals surface area contributed by atoms with Gasteiger partial charge in [-0.1, -0.05) is 108 Å². The fourth-order valence-corrected chi connectivity index (χ4v) is 8.19. The lowest BCUT2D eigenvalue weighted by molar-refractivity contribution is -0.672. The predicted molar refractivity (Wildman–Crippen MR) is 217 cm³/mol. The Kier molecular flexibility index (Phi) is 6.52. The number of para-hydroxylation sites is 5. The number of hydrogen-bond donors (Lipinski definition) is 0. The van der Waals surface area contributed by atoms with Crippen LogP contribution in [-0.2, 0) is 0 Å². The van der Waals surface area contributed by atoms with E-state index in [1.165, 1.54) is 27.2 Å². The molecule has 8 aromatic carbocycles. The van der Waals surface area contributed by atoms with Gasteiger partial charge in [0.15, 0.2) is 0 Å². The zero-order valence-electron chi connectivity index (χ0n) is 28.7. The minimum Gasteiger partial charge on any atom is -0.456 e. The molecule has 11 rings (SSSR count). The van der Waals surface area contributed by atoms with Gasteiger partial charge in [0, 0.05) is 39.4 Å². The van der Waals surface area contributed by atoms with Gasteiger partial charge in [-0.15, -0.1) is 4.68 Å². The first-order valence-corrected chi connectivity index (χ1v) is 18.0. The first kappa shape index (κ1) is 29.5. The summed E-state index contributed by atoms with van der Waals surface area (Å²) in [5, 5.41) is 5.88. The highest BCUT2D eigenvalue weighted by Crippen LogP contribution is 2.42. The van der Waals surface area contributed by atoms with E-state index in [4.69, 9.17) is 4.42 Å². The molecule has 3 heterocycles. The minimum absolute atomic E-state index is 0.877. The second-order valence-corrected chi connectivity index (χ2v) is 13.6. The number of fused-ring (bicyclic) bond motifs is 7. The number of benzene rings is 8. The molecule has 53 heavy (non-hydrogen) atoms. The van der Waals surface area contributed by atoms with Crippen molar-refractivity contribution in [3.05, 3.63) is 194 Å². The Morgan fingerprint density at radius 2 is 1.11 bits per heavy atom. The number of nitrogens with zero attached hydrogens (tertiary/aromatic N) is 3. The van der Waals surface area contributed by atoms with Gasteiger partial charge in [-0.2, -0.15) is 0 Å². The lowest BCUT2D eigenvalue weighted by Crippen LogP contribution is -2.39. The second kappa shape index (κ2) is 11.7. The van der Waals surface area contributed by atoms with Crippen molar-refractivity contribution in [2.24, 2.45) is 0 Å². The number of hydrogen-bond acceptors (Lipinski definition) is 1. The van der Waals surface area contributed by atoms with Crippen LogP contribution in [-0.4, -0.2) is 9.25 Å². The summed E-state index contributed by atoms with van der Waals surface area (Å²) >= 11 is 0. The third kappa shape index (κ3) is 4.66. The molecule has 11 aromatic rings. The van der Waals surface area contributed by atoms with E-state index < -0.39 is 0 Å². The van der Waals surface area contributed by atoms with Crippen molar-refractivity contribution < 1.29 is 9.10 Å². The average molecular weight is 679 g/mol. The van der Waals surface area contributed by atoms with Gasteiger partial charge in [-0.25, -0.2) is 0 Å². The Hall–Kier alpha value is -7.17. The molecule has 4 heteroatoms. The van der Waals surface area contributed by atoms with Crippen LogP contribution >= 0.6 is 0 Å². The number of furan rings is 1. The Labute approximate surface area is 305 Å². The summed E-state index contributed by atoms with van der Waals surface area (Å²) in [6, 6.07) is 67.1. The monoisotopic (exact) mass is 678 g/mol. The Balaban J connectivity index is 1.13. The lowest BCUT2D eigenvalue weighted by atomic mass is 9.93. The maximum atomic E-state index is 6.61. The van der Waals surface area contributed by atoms with Crippen molar-refractivity contribution in [3.63, 3.8) is 0 Å². The van der Waals surface area contributed by atoms with E-state index in [1.54, 1.807) is 0 Å². The molecule has 0 saturated carbocycles. The standard InChI is InChI=1S/C49H32N3O/c1-3-16-37(17-4-1)51-45-24-11-8-21-40(45)43-29-34(26-27-46(43)51)42-30-36(31-48-49(42)41-22-9-12-25-47(41)53-48)33-15-13-20-39(28-33)50-32-35-14-7-10-23-44(35)52(50)38-18-5-2-6-19-38/h1-32H/q+1. The zero-order chi connectivity index (χ0) is 34.9. The molecular weight excluding hydrogens is 647 g/mol. The quantitative estimate of drug-likeness (QED) is 0.166. The summed E-state index contributed by atoms with van der Waals surface area (Å²) < 4.78 is 13.5. The first-order valence-electron chi connectivity index (χ1n) is 18.0. The van der Waals surface area contributed by atoms with Crippen molar-refractivity contribution >= 4 is 54.6 Å². The number of aromatic nitrogens is 3. The van der Waals surface area contributed by atoms with Gasteiger partial charge in [0.05, 0.1) is 16.4 Å². The topological polar surface area (TPSA) is 26.9 Å². The van der Waals surface area contributed by atoms with Crippen LogP contribution in [0.25, 0.3) is 94.0 Å². The van der Waals surface area contributed by atoms with Crippen molar-refractivity contribution in [2.45, 2.75) is 0 Å². The Morgan fingerprint density at radius 3 is 1.96 bits per heavy atom. The molecule has 0 radical (unpaired) electrons. The Bertz CT molecular complexity index is 3170. The molecule has 0 bridgehead atoms. The molecule has 0 spiro atoms. The van der Waals surface area contributed by atoms with E-state index in [1.807, 2.05) is 6.07 Å². The van der Waals surface area contributed by atoms with Crippen LogP contribution in [0.5, 0.6) is 0 Å². The van der Waals surface area contributed by atoms with Crippen LogP contribution in [0.3, 0.4) is 0 Å². The van der Waals surface area contributed by atoms with Crippen molar-refractivity contribution in [2.75, 3.05) is 0 Å². The smallest absolute Gasteiger partial charge is 0.236 e. The van der Waals surface area contributed by atoms with Gasteiger partial charge in [-0.3, -0.25) is 0 Å². The largest absolute Gasteiger partial charge is 0.456 e. The summed E-state index contributed by atoms with van der Waals surface area (Å²) in [6.45, 7) is 0. The van der Waals surface area contributed by atoms with Crippen molar-refractivity contribution in [3.8, 4) is 39.3 Å².